The van der Waals surface area contributed by atoms with Crippen LogP contribution < -0.4 is 0 Å². The van der Waals surface area contributed by atoms with Crippen molar-refractivity contribution in [2.45, 2.75) is 0 Å². The molecule has 1 rings (SSSR count). The average Bonchev–Trinajstić information content (AvgIpc) is 2.65. The molecule has 6 nitrogen and oxygen atoms in total. The number of carbonyl (C=O) groups is 1. The van der Waals surface area contributed by atoms with Gasteiger partial charge in [-0.15, -0.1) is 0 Å². The van der Waals surface area contributed by atoms with Crippen molar-refractivity contribution in [2.24, 2.45) is 0 Å². The third-order valence-corrected chi connectivity index (χ3v) is 1.61. The zero-order valence-electron chi connectivity index (χ0n) is 7.65. The lowest BCUT2D eigenvalue weighted by Gasteiger charge is -2.14. The summed E-state index contributed by atoms with van der Waals surface area (Å²) in [7, 11) is 3.28. The van der Waals surface area contributed by atoms with Gasteiger partial charge in [0.2, 0.25) is 0 Å². The normalized spacial score (nSPS) is 10.0. The topological polar surface area (TPSA) is 71.1 Å². The zero-order valence-corrected chi connectivity index (χ0v) is 7.65. The van der Waals surface area contributed by atoms with Crippen LogP contribution in [0.25, 0.3) is 0 Å². The van der Waals surface area contributed by atoms with E-state index in [-0.39, 0.29) is 5.91 Å². The van der Waals surface area contributed by atoms with Gasteiger partial charge in [-0.05, 0) is 0 Å². The van der Waals surface area contributed by atoms with E-state index in [0.717, 1.165) is 0 Å². The number of aromatic amines is 1. The first-order chi connectivity index (χ1) is 6.25. The van der Waals surface area contributed by atoms with E-state index in [1.165, 1.54) is 11.1 Å². The van der Waals surface area contributed by atoms with E-state index in [1.807, 2.05) is 0 Å². The minimum Gasteiger partial charge on any atom is -0.383 e. The molecule has 0 unspecified atom stereocenters. The minimum atomic E-state index is -0.161. The molecule has 0 saturated carbocycles. The molecule has 0 aliphatic rings. The van der Waals surface area contributed by atoms with Crippen LogP contribution in [0.3, 0.4) is 0 Å². The molecule has 0 atom stereocenters. The minimum absolute atomic E-state index is 0.161. The number of ether oxygens (including phenoxy) is 1. The third kappa shape index (κ3) is 2.51. The second-order valence-electron chi connectivity index (χ2n) is 2.57. The Balaban J connectivity index is 2.48. The number of carbonyl (C=O) groups excluding carboxylic acids is 1. The van der Waals surface area contributed by atoms with E-state index in [9.17, 15) is 4.79 Å². The number of nitrogens with zero attached hydrogens (tertiary/aromatic N) is 3. The van der Waals surface area contributed by atoms with E-state index >= 15 is 0 Å². The molecule has 0 spiro atoms. The van der Waals surface area contributed by atoms with Crippen molar-refractivity contribution in [1.82, 2.24) is 20.3 Å². The Labute approximate surface area is 75.9 Å². The summed E-state index contributed by atoms with van der Waals surface area (Å²) in [5.41, 5.74) is 0.318. The summed E-state index contributed by atoms with van der Waals surface area (Å²) in [5.74, 6) is -0.161. The number of nitrogens with one attached hydrogen (secondary N) is 1. The number of hydrogen-bond acceptors (Lipinski definition) is 4. The second-order valence-corrected chi connectivity index (χ2v) is 2.57. The molecule has 0 aromatic carbocycles. The van der Waals surface area contributed by atoms with E-state index in [2.05, 4.69) is 15.4 Å². The first-order valence-electron chi connectivity index (χ1n) is 3.86. The van der Waals surface area contributed by atoms with Crippen LogP contribution in [-0.2, 0) is 4.74 Å². The Morgan fingerprint density at radius 2 is 2.54 bits per heavy atom. The van der Waals surface area contributed by atoms with Crippen LogP contribution in [0.1, 0.15) is 10.5 Å². The molecule has 1 aromatic rings. The maximum atomic E-state index is 11.5. The number of hydrogen-bond donors (Lipinski definition) is 1. The maximum absolute atomic E-state index is 11.5. The lowest BCUT2D eigenvalue weighted by molar-refractivity contribution is 0.0738. The molecule has 0 saturated heterocycles. The molecule has 1 heterocycles. The highest BCUT2D eigenvalue weighted by Crippen LogP contribution is 1.95. The van der Waals surface area contributed by atoms with Gasteiger partial charge in [-0.25, -0.2) is 0 Å². The summed E-state index contributed by atoms with van der Waals surface area (Å²) in [6, 6.07) is 0. The number of aromatic nitrogens is 3. The predicted molar refractivity (Wildman–Crippen MR) is 45.2 cm³/mol. The smallest absolute Gasteiger partial charge is 0.275 e. The zero-order chi connectivity index (χ0) is 9.68. The monoisotopic (exact) mass is 184 g/mol. The molecule has 0 aliphatic heterocycles. The SMILES string of the molecule is COCCN(C)C(=O)c1cn[nH]n1. The summed E-state index contributed by atoms with van der Waals surface area (Å²) in [6.07, 6.45) is 1.39. The fraction of sp³-hybridized carbons (Fsp3) is 0.571. The predicted octanol–water partition coefficient (Wildman–Crippen LogP) is -0.477. The van der Waals surface area contributed by atoms with Crippen molar-refractivity contribution in [3.05, 3.63) is 11.9 Å². The Hall–Kier alpha value is -1.43. The second kappa shape index (κ2) is 4.56. The molecule has 1 N–H and O–H groups in total. The van der Waals surface area contributed by atoms with Gasteiger partial charge in [-0.2, -0.15) is 15.4 Å². The van der Waals surface area contributed by atoms with Crippen LogP contribution in [0.15, 0.2) is 6.20 Å². The molecule has 0 radical (unpaired) electrons. The molecule has 13 heavy (non-hydrogen) atoms. The van der Waals surface area contributed by atoms with Crippen molar-refractivity contribution >= 4 is 5.91 Å². The fourth-order valence-corrected chi connectivity index (χ4v) is 0.830. The molecule has 1 amide bonds. The highest BCUT2D eigenvalue weighted by molar-refractivity contribution is 5.91. The van der Waals surface area contributed by atoms with E-state index in [0.29, 0.717) is 18.8 Å². The van der Waals surface area contributed by atoms with Crippen molar-refractivity contribution in [1.29, 1.82) is 0 Å². The van der Waals surface area contributed by atoms with Gasteiger partial charge in [-0.3, -0.25) is 4.79 Å². The van der Waals surface area contributed by atoms with Gasteiger partial charge in [0, 0.05) is 20.7 Å². The summed E-state index contributed by atoms with van der Waals surface area (Å²) in [6.45, 7) is 1.06. The van der Waals surface area contributed by atoms with E-state index in [1.54, 1.807) is 14.2 Å². The molecular formula is C7H12N4O2. The molecule has 0 aliphatic carbocycles. The van der Waals surface area contributed by atoms with Crippen LogP contribution in [0.5, 0.6) is 0 Å². The summed E-state index contributed by atoms with van der Waals surface area (Å²) >= 11 is 0. The van der Waals surface area contributed by atoms with Gasteiger partial charge in [0.1, 0.15) is 0 Å². The summed E-state index contributed by atoms with van der Waals surface area (Å²) in [5, 5.41) is 9.61. The summed E-state index contributed by atoms with van der Waals surface area (Å²) < 4.78 is 4.84. The lowest BCUT2D eigenvalue weighted by Crippen LogP contribution is -2.30. The first kappa shape index (κ1) is 9.66. The molecule has 0 bridgehead atoms. The molecule has 72 valence electrons. The van der Waals surface area contributed by atoms with Gasteiger partial charge in [0.15, 0.2) is 5.69 Å². The number of likely N-dealkylation sites (N-methyl/N-ethyl adjacent to an activating group) is 1. The van der Waals surface area contributed by atoms with Crippen LogP contribution in [0, 0.1) is 0 Å². The highest BCUT2D eigenvalue weighted by Gasteiger charge is 2.13. The Morgan fingerprint density at radius 3 is 3.08 bits per heavy atom. The number of methoxy groups -OCH3 is 1. The average molecular weight is 184 g/mol. The Morgan fingerprint density at radius 1 is 1.77 bits per heavy atom. The molecule has 0 fully saturated rings. The molecule has 6 heteroatoms. The van der Waals surface area contributed by atoms with Crippen LogP contribution in [0.4, 0.5) is 0 Å². The number of rotatable bonds is 4. The van der Waals surface area contributed by atoms with Crippen LogP contribution >= 0.6 is 0 Å². The number of H-pyrrole nitrogens is 1. The lowest BCUT2D eigenvalue weighted by atomic mass is 10.4. The van der Waals surface area contributed by atoms with Gasteiger partial charge >= 0.3 is 0 Å². The maximum Gasteiger partial charge on any atom is 0.275 e. The van der Waals surface area contributed by atoms with Crippen molar-refractivity contribution in [2.75, 3.05) is 27.3 Å². The number of amides is 1. The van der Waals surface area contributed by atoms with E-state index in [4.69, 9.17) is 4.74 Å². The van der Waals surface area contributed by atoms with Gasteiger partial charge in [0.25, 0.3) is 5.91 Å². The molecule has 1 aromatic heterocycles. The van der Waals surface area contributed by atoms with Crippen LogP contribution in [0.2, 0.25) is 0 Å². The fourth-order valence-electron chi connectivity index (χ4n) is 0.830. The largest absolute Gasteiger partial charge is 0.383 e. The quantitative estimate of drug-likeness (QED) is 0.686. The van der Waals surface area contributed by atoms with Crippen molar-refractivity contribution in [3.63, 3.8) is 0 Å². The highest BCUT2D eigenvalue weighted by atomic mass is 16.5. The Bertz CT molecular complexity index is 259. The van der Waals surface area contributed by atoms with E-state index < -0.39 is 0 Å². The van der Waals surface area contributed by atoms with Crippen molar-refractivity contribution in [3.8, 4) is 0 Å². The third-order valence-electron chi connectivity index (χ3n) is 1.61. The first-order valence-corrected chi connectivity index (χ1v) is 3.86. The van der Waals surface area contributed by atoms with Crippen molar-refractivity contribution < 1.29 is 9.53 Å². The van der Waals surface area contributed by atoms with Crippen LogP contribution in [-0.4, -0.2) is 53.5 Å². The standard InChI is InChI=1S/C7H12N4O2/c1-11(3-4-13-2)7(12)6-5-8-10-9-6/h5H,3-4H2,1-2H3,(H,8,9,10). The summed E-state index contributed by atoms with van der Waals surface area (Å²) in [4.78, 5) is 13.0. The Kier molecular flexibility index (Phi) is 3.39. The van der Waals surface area contributed by atoms with Gasteiger partial charge in [0.05, 0.1) is 12.8 Å². The molecular weight excluding hydrogens is 172 g/mol. The van der Waals surface area contributed by atoms with Gasteiger partial charge in [-0.1, -0.05) is 0 Å². The van der Waals surface area contributed by atoms with Gasteiger partial charge < -0.3 is 9.64 Å².